The van der Waals surface area contributed by atoms with Gasteiger partial charge in [-0.1, -0.05) is 24.3 Å². The van der Waals surface area contributed by atoms with Crippen LogP contribution < -0.4 is 4.90 Å². The van der Waals surface area contributed by atoms with Crippen LogP contribution in [0.15, 0.2) is 59.2 Å². The van der Waals surface area contributed by atoms with Crippen LogP contribution in [0.4, 0.5) is 14.9 Å². The summed E-state index contributed by atoms with van der Waals surface area (Å²) in [5, 5.41) is 0. The molecule has 43 heavy (non-hydrogen) atoms. The van der Waals surface area contributed by atoms with Gasteiger partial charge in [-0.15, -0.1) is 0 Å². The number of rotatable bonds is 9. The molecule has 3 amide bonds. The molecule has 0 unspecified atom stereocenters. The molecule has 0 N–H and O–H groups in total. The van der Waals surface area contributed by atoms with E-state index in [1.807, 2.05) is 0 Å². The number of imide groups is 1. The van der Waals surface area contributed by atoms with Crippen LogP contribution in [0.5, 0.6) is 0 Å². The monoisotopic (exact) mass is 653 g/mol. The van der Waals surface area contributed by atoms with Crippen LogP contribution in [-0.4, -0.2) is 58.6 Å². The van der Waals surface area contributed by atoms with Gasteiger partial charge in [0.25, 0.3) is 11.8 Å². The van der Waals surface area contributed by atoms with E-state index in [0.29, 0.717) is 27.6 Å². The number of ether oxygens (including phenoxy) is 2. The molecule has 0 aliphatic carbocycles. The van der Waals surface area contributed by atoms with E-state index in [-0.39, 0.29) is 36.7 Å². The lowest BCUT2D eigenvalue weighted by molar-refractivity contribution is 0.0371. The number of anilines is 1. The zero-order chi connectivity index (χ0) is 31.5. The average molecular weight is 655 g/mol. The van der Waals surface area contributed by atoms with E-state index in [4.69, 9.17) is 9.47 Å². The first kappa shape index (κ1) is 31.8. The van der Waals surface area contributed by atoms with Crippen molar-refractivity contribution in [2.75, 3.05) is 18.0 Å². The van der Waals surface area contributed by atoms with Gasteiger partial charge in [-0.05, 0) is 92.4 Å². The number of benzene rings is 2. The normalized spacial score (nSPS) is 12.9. The number of amides is 3. The zero-order valence-corrected chi connectivity index (χ0v) is 26.2. The smallest absolute Gasteiger partial charge is 0.414 e. The second-order valence-electron chi connectivity index (χ2n) is 11.3. The summed E-state index contributed by atoms with van der Waals surface area (Å²) in [6.07, 6.45) is 0.786. The van der Waals surface area contributed by atoms with Crippen molar-refractivity contribution in [3.63, 3.8) is 0 Å². The maximum Gasteiger partial charge on any atom is 0.414 e. The largest absolute Gasteiger partial charge is 0.458 e. The summed E-state index contributed by atoms with van der Waals surface area (Å²) in [6, 6.07) is 12.6. The number of carbonyl (C=O) groups excluding carboxylic acids is 4. The third-order valence-electron chi connectivity index (χ3n) is 6.43. The Morgan fingerprint density at radius 1 is 1.02 bits per heavy atom. The molecule has 0 fully saturated rings. The van der Waals surface area contributed by atoms with E-state index in [0.717, 1.165) is 10.5 Å². The van der Waals surface area contributed by atoms with E-state index in [2.05, 4.69) is 20.9 Å². The summed E-state index contributed by atoms with van der Waals surface area (Å²) < 4.78 is 25.1. The quantitative estimate of drug-likeness (QED) is 0.190. The minimum absolute atomic E-state index is 0.0233. The van der Waals surface area contributed by atoms with E-state index in [9.17, 15) is 23.6 Å². The second kappa shape index (κ2) is 13.0. The van der Waals surface area contributed by atoms with Gasteiger partial charge in [-0.2, -0.15) is 0 Å². The minimum atomic E-state index is -0.873. The van der Waals surface area contributed by atoms with Gasteiger partial charge in [0.05, 0.1) is 22.9 Å². The Morgan fingerprint density at radius 2 is 1.63 bits per heavy atom. The topological polar surface area (TPSA) is 106 Å². The number of hydrogen-bond acceptors (Lipinski definition) is 7. The number of carbonyl (C=O) groups is 4. The molecule has 0 radical (unpaired) electrons. The third kappa shape index (κ3) is 7.45. The summed E-state index contributed by atoms with van der Waals surface area (Å²) in [7, 11) is 0. The molecule has 0 saturated carbocycles. The fourth-order valence-corrected chi connectivity index (χ4v) is 5.21. The fraction of sp³-hybridized carbons (Fsp3) is 0.344. The van der Waals surface area contributed by atoms with Crippen LogP contribution in [0.25, 0.3) is 0 Å². The second-order valence-corrected chi connectivity index (χ2v) is 12.1. The van der Waals surface area contributed by atoms with Crippen LogP contribution in [0.3, 0.4) is 0 Å². The molecule has 2 heterocycles. The lowest BCUT2D eigenvalue weighted by Gasteiger charge is -2.30. The first-order valence-corrected chi connectivity index (χ1v) is 14.6. The predicted octanol–water partition coefficient (Wildman–Crippen LogP) is 6.57. The molecular weight excluding hydrogens is 621 g/mol. The Labute approximate surface area is 258 Å². The lowest BCUT2D eigenvalue weighted by Crippen LogP contribution is -2.40. The summed E-state index contributed by atoms with van der Waals surface area (Å²) in [5.41, 5.74) is 1.20. The molecule has 2 aromatic carbocycles. The molecule has 0 spiro atoms. The molecule has 4 rings (SSSR count). The van der Waals surface area contributed by atoms with Gasteiger partial charge in [0.2, 0.25) is 0 Å². The standard InChI is InChI=1S/C32H33BrFN3O6/c1-19(2)42-30(40)26-27(25(33)21(18-35-26)17-20-11-13-22(34)14-12-20)36(31(41)43-32(3,4)5)15-8-16-37-28(38)23-9-6-7-10-24(23)29(37)39/h6-7,9-14,18-19H,8,15-17H2,1-5H3. The third-order valence-corrected chi connectivity index (χ3v) is 7.32. The van der Waals surface area contributed by atoms with E-state index in [1.54, 1.807) is 71.0 Å². The van der Waals surface area contributed by atoms with Crippen molar-refractivity contribution >= 4 is 45.5 Å². The van der Waals surface area contributed by atoms with Gasteiger partial charge in [-0.3, -0.25) is 19.4 Å². The summed E-state index contributed by atoms with van der Waals surface area (Å²) in [5.74, 6) is -1.93. The summed E-state index contributed by atoms with van der Waals surface area (Å²) in [6.45, 7) is 8.55. The van der Waals surface area contributed by atoms with Crippen LogP contribution in [0.2, 0.25) is 0 Å². The maximum absolute atomic E-state index is 13.7. The fourth-order valence-electron chi connectivity index (χ4n) is 4.57. The van der Waals surface area contributed by atoms with Crippen molar-refractivity contribution in [1.29, 1.82) is 0 Å². The Kier molecular flexibility index (Phi) is 9.64. The summed E-state index contributed by atoms with van der Waals surface area (Å²) in [4.78, 5) is 59.5. The number of aromatic nitrogens is 1. The molecule has 9 nitrogen and oxygen atoms in total. The highest BCUT2D eigenvalue weighted by Crippen LogP contribution is 2.35. The van der Waals surface area contributed by atoms with E-state index in [1.165, 1.54) is 23.2 Å². The van der Waals surface area contributed by atoms with Crippen molar-refractivity contribution in [1.82, 2.24) is 9.88 Å². The number of esters is 1. The summed E-state index contributed by atoms with van der Waals surface area (Å²) >= 11 is 3.59. The average Bonchev–Trinajstić information content (AvgIpc) is 3.17. The molecule has 3 aromatic rings. The molecule has 0 atom stereocenters. The highest BCUT2D eigenvalue weighted by Gasteiger charge is 2.36. The Balaban J connectivity index is 1.71. The van der Waals surface area contributed by atoms with Crippen molar-refractivity contribution in [3.05, 3.63) is 93.0 Å². The van der Waals surface area contributed by atoms with E-state index >= 15 is 0 Å². The number of fused-ring (bicyclic) bond motifs is 1. The van der Waals surface area contributed by atoms with Gasteiger partial charge in [-0.25, -0.2) is 19.0 Å². The number of halogens is 2. The van der Waals surface area contributed by atoms with Gasteiger partial charge >= 0.3 is 12.1 Å². The Morgan fingerprint density at radius 3 is 2.19 bits per heavy atom. The van der Waals surface area contributed by atoms with Gasteiger partial charge < -0.3 is 9.47 Å². The van der Waals surface area contributed by atoms with Gasteiger partial charge in [0.15, 0.2) is 5.69 Å². The van der Waals surface area contributed by atoms with Crippen LogP contribution in [0.1, 0.15) is 83.4 Å². The van der Waals surface area contributed by atoms with Crippen molar-refractivity contribution < 1.29 is 33.0 Å². The number of pyridine rings is 1. The molecule has 0 saturated heterocycles. The predicted molar refractivity (Wildman–Crippen MR) is 162 cm³/mol. The van der Waals surface area contributed by atoms with Crippen LogP contribution in [-0.2, 0) is 15.9 Å². The van der Waals surface area contributed by atoms with Crippen molar-refractivity contribution in [2.45, 2.75) is 59.2 Å². The van der Waals surface area contributed by atoms with Gasteiger partial charge in [0.1, 0.15) is 11.4 Å². The first-order chi connectivity index (χ1) is 20.3. The van der Waals surface area contributed by atoms with Crippen molar-refractivity contribution in [2.24, 2.45) is 0 Å². The number of nitrogens with zero attached hydrogens (tertiary/aromatic N) is 3. The van der Waals surface area contributed by atoms with Gasteiger partial charge in [0, 0.05) is 30.2 Å². The van der Waals surface area contributed by atoms with Crippen LogP contribution >= 0.6 is 15.9 Å². The molecule has 1 aromatic heterocycles. The van der Waals surface area contributed by atoms with Crippen molar-refractivity contribution in [3.8, 4) is 0 Å². The Bertz CT molecular complexity index is 1520. The zero-order valence-electron chi connectivity index (χ0n) is 24.6. The highest BCUT2D eigenvalue weighted by atomic mass is 79.9. The Hall–Kier alpha value is -4.12. The molecule has 11 heteroatoms. The lowest BCUT2D eigenvalue weighted by atomic mass is 10.0. The SMILES string of the molecule is CC(C)OC(=O)c1ncc(Cc2ccc(F)cc2)c(Br)c1N(CCCN1C(=O)c2ccccc2C1=O)C(=O)OC(C)(C)C. The molecule has 1 aliphatic heterocycles. The minimum Gasteiger partial charge on any atom is -0.458 e. The molecule has 0 bridgehead atoms. The van der Waals surface area contributed by atoms with E-state index < -0.39 is 35.6 Å². The molecule has 226 valence electrons. The first-order valence-electron chi connectivity index (χ1n) is 13.9. The molecular formula is C32H33BrFN3O6. The van der Waals surface area contributed by atoms with Crippen LogP contribution in [0, 0.1) is 5.82 Å². The maximum atomic E-state index is 13.7. The molecule has 1 aliphatic rings. The highest BCUT2D eigenvalue weighted by molar-refractivity contribution is 9.10. The number of hydrogen-bond donors (Lipinski definition) is 0.